The van der Waals surface area contributed by atoms with Gasteiger partial charge < -0.3 is 19.5 Å². The van der Waals surface area contributed by atoms with Crippen molar-refractivity contribution >= 4 is 0 Å². The maximum atomic E-state index is 10.1. The maximum Gasteiger partial charge on any atom is 0.0705 e. The summed E-state index contributed by atoms with van der Waals surface area (Å²) in [6.07, 6.45) is 11.0. The molecule has 4 heteroatoms. The summed E-state index contributed by atoms with van der Waals surface area (Å²) in [6.45, 7) is 5.36. The van der Waals surface area contributed by atoms with Gasteiger partial charge in [-0.15, -0.1) is 0 Å². The smallest absolute Gasteiger partial charge is 0.0705 e. The molecule has 0 aromatic carbocycles. The number of rotatable bonds is 5. The second-order valence-electron chi connectivity index (χ2n) is 8.46. The third kappa shape index (κ3) is 3.60. The molecule has 1 aliphatic carbocycles. The third-order valence-corrected chi connectivity index (χ3v) is 6.86. The number of hydrogen-bond acceptors (Lipinski definition) is 4. The lowest BCUT2D eigenvalue weighted by Gasteiger charge is -2.39. The Bertz CT molecular complexity index is 394. The predicted molar refractivity (Wildman–Crippen MR) is 89.4 cm³/mol. The van der Waals surface area contributed by atoms with Crippen molar-refractivity contribution in [1.82, 2.24) is 4.90 Å². The molecular weight excluding hydrogens is 290 g/mol. The largest absolute Gasteiger partial charge is 0.396 e. The van der Waals surface area contributed by atoms with Crippen molar-refractivity contribution in [1.29, 1.82) is 0 Å². The highest BCUT2D eigenvalue weighted by Gasteiger charge is 2.45. The molecule has 3 saturated heterocycles. The normalized spacial score (nSPS) is 40.6. The van der Waals surface area contributed by atoms with Crippen LogP contribution in [0.25, 0.3) is 0 Å². The van der Waals surface area contributed by atoms with Crippen LogP contribution in [0.3, 0.4) is 0 Å². The molecule has 3 aliphatic heterocycles. The molecule has 0 spiro atoms. The molecule has 4 aliphatic rings. The van der Waals surface area contributed by atoms with Gasteiger partial charge in [-0.2, -0.15) is 0 Å². The number of hydrogen-bond donors (Lipinski definition) is 1. The van der Waals surface area contributed by atoms with Gasteiger partial charge in [-0.05, 0) is 69.7 Å². The van der Waals surface area contributed by atoms with E-state index in [1.807, 2.05) is 0 Å². The molecule has 1 N–H and O–H groups in total. The molecular formula is C19H33NO3. The van der Waals surface area contributed by atoms with Gasteiger partial charge in [-0.3, -0.25) is 0 Å². The summed E-state index contributed by atoms with van der Waals surface area (Å²) in [6, 6.07) is 0. The average molecular weight is 323 g/mol. The van der Waals surface area contributed by atoms with Gasteiger partial charge in [0.2, 0.25) is 0 Å². The Morgan fingerprint density at radius 2 is 1.87 bits per heavy atom. The molecule has 0 amide bonds. The van der Waals surface area contributed by atoms with E-state index in [1.54, 1.807) is 0 Å². The summed E-state index contributed by atoms with van der Waals surface area (Å²) in [7, 11) is 0. The Hall–Kier alpha value is -0.160. The minimum absolute atomic E-state index is 0.119. The molecule has 3 unspecified atom stereocenters. The molecule has 0 bridgehead atoms. The van der Waals surface area contributed by atoms with E-state index >= 15 is 0 Å². The van der Waals surface area contributed by atoms with Crippen molar-refractivity contribution < 1.29 is 14.6 Å². The topological polar surface area (TPSA) is 41.9 Å². The fourth-order valence-electron chi connectivity index (χ4n) is 5.21. The Morgan fingerprint density at radius 1 is 1.04 bits per heavy atom. The molecule has 0 radical (unpaired) electrons. The number of aliphatic hydroxyl groups is 1. The summed E-state index contributed by atoms with van der Waals surface area (Å²) in [5, 5.41) is 10.1. The summed E-state index contributed by atoms with van der Waals surface area (Å²) < 4.78 is 11.9. The van der Waals surface area contributed by atoms with Crippen LogP contribution in [0.15, 0.2) is 0 Å². The lowest BCUT2D eigenvalue weighted by molar-refractivity contribution is -0.0730. The highest BCUT2D eigenvalue weighted by molar-refractivity contribution is 4.96. The van der Waals surface area contributed by atoms with Crippen molar-refractivity contribution in [3.8, 4) is 0 Å². The first-order valence-corrected chi connectivity index (χ1v) is 9.85. The molecule has 4 fully saturated rings. The van der Waals surface area contributed by atoms with Crippen LogP contribution in [-0.2, 0) is 9.47 Å². The molecule has 3 heterocycles. The van der Waals surface area contributed by atoms with Crippen LogP contribution in [0.4, 0.5) is 0 Å². The Kier molecular flexibility index (Phi) is 4.96. The molecule has 132 valence electrons. The van der Waals surface area contributed by atoms with Gasteiger partial charge in [0.15, 0.2) is 0 Å². The molecule has 1 saturated carbocycles. The first-order chi connectivity index (χ1) is 11.3. The van der Waals surface area contributed by atoms with Gasteiger partial charge >= 0.3 is 0 Å². The highest BCUT2D eigenvalue weighted by atomic mass is 16.5. The zero-order valence-electron chi connectivity index (χ0n) is 14.4. The van der Waals surface area contributed by atoms with E-state index in [1.165, 1.54) is 32.1 Å². The van der Waals surface area contributed by atoms with Gasteiger partial charge in [0, 0.05) is 31.7 Å². The summed E-state index contributed by atoms with van der Waals surface area (Å²) in [5.41, 5.74) is 0.119. The van der Waals surface area contributed by atoms with Gasteiger partial charge in [-0.1, -0.05) is 0 Å². The zero-order chi connectivity index (χ0) is 15.7. The fourth-order valence-corrected chi connectivity index (χ4v) is 5.21. The van der Waals surface area contributed by atoms with E-state index in [9.17, 15) is 5.11 Å². The van der Waals surface area contributed by atoms with E-state index < -0.39 is 0 Å². The summed E-state index contributed by atoms with van der Waals surface area (Å²) >= 11 is 0. The highest BCUT2D eigenvalue weighted by Crippen LogP contribution is 2.43. The van der Waals surface area contributed by atoms with Crippen molar-refractivity contribution in [2.45, 2.75) is 63.6 Å². The van der Waals surface area contributed by atoms with E-state index in [-0.39, 0.29) is 5.41 Å². The Morgan fingerprint density at radius 3 is 2.61 bits per heavy atom. The molecule has 3 atom stereocenters. The number of likely N-dealkylation sites (tertiary alicyclic amines) is 1. The summed E-state index contributed by atoms with van der Waals surface area (Å²) in [5.74, 6) is 1.51. The van der Waals surface area contributed by atoms with E-state index in [2.05, 4.69) is 4.90 Å². The van der Waals surface area contributed by atoms with Gasteiger partial charge in [0.25, 0.3) is 0 Å². The number of ether oxygens (including phenoxy) is 2. The van der Waals surface area contributed by atoms with Crippen LogP contribution >= 0.6 is 0 Å². The van der Waals surface area contributed by atoms with Crippen molar-refractivity contribution in [2.75, 3.05) is 39.5 Å². The number of aliphatic hydroxyl groups excluding tert-OH is 1. The van der Waals surface area contributed by atoms with E-state index in [0.29, 0.717) is 24.7 Å². The van der Waals surface area contributed by atoms with Crippen LogP contribution in [0.1, 0.15) is 51.4 Å². The third-order valence-electron chi connectivity index (χ3n) is 6.86. The lowest BCUT2D eigenvalue weighted by atomic mass is 9.71. The van der Waals surface area contributed by atoms with E-state index in [0.717, 1.165) is 58.0 Å². The quantitative estimate of drug-likeness (QED) is 0.844. The van der Waals surface area contributed by atoms with Crippen LogP contribution in [0.2, 0.25) is 0 Å². The molecule has 0 aromatic rings. The summed E-state index contributed by atoms with van der Waals surface area (Å²) in [4.78, 5) is 2.58. The van der Waals surface area contributed by atoms with Crippen molar-refractivity contribution in [3.05, 3.63) is 0 Å². The van der Waals surface area contributed by atoms with Crippen molar-refractivity contribution in [3.63, 3.8) is 0 Å². The van der Waals surface area contributed by atoms with Gasteiger partial charge in [0.05, 0.1) is 18.8 Å². The molecule has 0 aromatic heterocycles. The minimum atomic E-state index is 0.119. The van der Waals surface area contributed by atoms with Gasteiger partial charge in [0.1, 0.15) is 0 Å². The standard InChI is InChI=1S/C19H33NO3/c21-14-19(16-6-10-22-11-7-16)8-9-20(13-19)12-17-2-1-3-18(23-17)15-4-5-15/h15-18,21H,1-14H2. The van der Waals surface area contributed by atoms with Crippen LogP contribution in [0.5, 0.6) is 0 Å². The predicted octanol–water partition coefficient (Wildman–Crippen LogP) is 2.45. The second-order valence-corrected chi connectivity index (χ2v) is 8.46. The second kappa shape index (κ2) is 6.99. The number of nitrogens with zero attached hydrogens (tertiary/aromatic N) is 1. The molecule has 23 heavy (non-hydrogen) atoms. The molecule has 4 nitrogen and oxygen atoms in total. The monoisotopic (exact) mass is 323 g/mol. The van der Waals surface area contributed by atoms with Crippen LogP contribution in [0, 0.1) is 17.3 Å². The van der Waals surface area contributed by atoms with Gasteiger partial charge in [-0.25, -0.2) is 0 Å². The van der Waals surface area contributed by atoms with Crippen molar-refractivity contribution in [2.24, 2.45) is 17.3 Å². The SMILES string of the molecule is OCC1(C2CCOCC2)CCN(CC2CCCC(C3CC3)O2)C1. The Balaban J connectivity index is 1.31. The van der Waals surface area contributed by atoms with Crippen LogP contribution in [-0.4, -0.2) is 61.7 Å². The molecule has 4 rings (SSSR count). The average Bonchev–Trinajstić information content (AvgIpc) is 3.38. The Labute approximate surface area is 140 Å². The first kappa shape index (κ1) is 16.3. The first-order valence-electron chi connectivity index (χ1n) is 9.85. The fraction of sp³-hybridized carbons (Fsp3) is 1.00. The van der Waals surface area contributed by atoms with E-state index in [4.69, 9.17) is 9.47 Å². The van der Waals surface area contributed by atoms with Crippen LogP contribution < -0.4 is 0 Å². The minimum Gasteiger partial charge on any atom is -0.396 e. The zero-order valence-corrected chi connectivity index (χ0v) is 14.4. The lowest BCUT2D eigenvalue weighted by Crippen LogP contribution is -2.43. The maximum absolute atomic E-state index is 10.1.